The number of aromatic hydroxyl groups is 1. The molecule has 1 saturated heterocycles. The van der Waals surface area contributed by atoms with Gasteiger partial charge in [0.15, 0.2) is 17.0 Å². The zero-order chi connectivity index (χ0) is 24.6. The first kappa shape index (κ1) is 22.6. The molecule has 7 nitrogen and oxygen atoms in total. The van der Waals surface area contributed by atoms with Gasteiger partial charge in [0, 0.05) is 54.2 Å². The van der Waals surface area contributed by atoms with Crippen LogP contribution in [0.15, 0.2) is 79.1 Å². The van der Waals surface area contributed by atoms with E-state index in [0.29, 0.717) is 27.0 Å². The smallest absolute Gasteiger partial charge is 0.170 e. The van der Waals surface area contributed by atoms with Crippen molar-refractivity contribution in [3.63, 3.8) is 0 Å². The molecule has 2 aromatic heterocycles. The van der Waals surface area contributed by atoms with E-state index in [-0.39, 0.29) is 5.75 Å². The molecule has 1 aliphatic rings. The molecule has 36 heavy (non-hydrogen) atoms. The summed E-state index contributed by atoms with van der Waals surface area (Å²) in [5, 5.41) is 11.1. The minimum Gasteiger partial charge on any atom is -0.508 e. The lowest BCUT2D eigenvalue weighted by molar-refractivity contribution is 0.475. The predicted octanol–water partition coefficient (Wildman–Crippen LogP) is 5.82. The molecule has 0 saturated carbocycles. The molecule has 180 valence electrons. The van der Waals surface area contributed by atoms with E-state index in [1.807, 2.05) is 65.2 Å². The Bertz CT molecular complexity index is 1540. The van der Waals surface area contributed by atoms with Crippen molar-refractivity contribution in [1.82, 2.24) is 19.5 Å². The number of fused-ring (bicyclic) bond motifs is 1. The highest BCUT2D eigenvalue weighted by atomic mass is 35.5. The van der Waals surface area contributed by atoms with Crippen molar-refractivity contribution >= 4 is 45.9 Å². The number of phenols is 1. The molecule has 0 unspecified atom stereocenters. The standard InChI is InChI=1S/C27H22Cl2N6O/c28-18-8-10-19(11-9-18)35-25(22-6-1-2-7-23(22)29)32-24-26(30-17-31-27(24)35)34-14-12-33(13-15-34)20-4-3-5-21(36)16-20/h1-11,16-17,36H,12-15H2. The van der Waals surface area contributed by atoms with Crippen LogP contribution < -0.4 is 9.80 Å². The third-order valence-electron chi connectivity index (χ3n) is 6.40. The highest BCUT2D eigenvalue weighted by molar-refractivity contribution is 6.33. The highest BCUT2D eigenvalue weighted by Gasteiger charge is 2.25. The third-order valence-corrected chi connectivity index (χ3v) is 6.98. The molecule has 1 fully saturated rings. The SMILES string of the molecule is Oc1cccc(N2CCN(c3ncnc4c3nc(-c3ccccc3Cl)n4-c3ccc(Cl)cc3)CC2)c1. The second-order valence-electron chi connectivity index (χ2n) is 8.59. The normalized spacial score (nSPS) is 13.9. The van der Waals surface area contributed by atoms with Gasteiger partial charge >= 0.3 is 0 Å². The van der Waals surface area contributed by atoms with E-state index in [1.165, 1.54) is 0 Å². The Morgan fingerprint density at radius 1 is 0.750 bits per heavy atom. The zero-order valence-electron chi connectivity index (χ0n) is 19.2. The lowest BCUT2D eigenvalue weighted by atomic mass is 10.2. The third kappa shape index (κ3) is 4.10. The first-order valence-electron chi connectivity index (χ1n) is 11.6. The first-order valence-corrected chi connectivity index (χ1v) is 12.4. The number of hydrogen-bond donors (Lipinski definition) is 1. The Hall–Kier alpha value is -3.81. The van der Waals surface area contributed by atoms with E-state index in [9.17, 15) is 5.11 Å². The summed E-state index contributed by atoms with van der Waals surface area (Å²) in [6.45, 7) is 3.11. The van der Waals surface area contributed by atoms with Crippen LogP contribution in [0.1, 0.15) is 0 Å². The number of halogens is 2. The number of nitrogens with zero attached hydrogens (tertiary/aromatic N) is 6. The number of benzene rings is 3. The van der Waals surface area contributed by atoms with E-state index >= 15 is 0 Å². The van der Waals surface area contributed by atoms with Crippen LogP contribution in [0.4, 0.5) is 11.5 Å². The molecule has 3 aromatic carbocycles. The fraction of sp³-hybridized carbons (Fsp3) is 0.148. The van der Waals surface area contributed by atoms with Crippen LogP contribution in [-0.2, 0) is 0 Å². The topological polar surface area (TPSA) is 70.3 Å². The summed E-state index contributed by atoms with van der Waals surface area (Å²) in [6.07, 6.45) is 1.59. The van der Waals surface area contributed by atoms with Crippen molar-refractivity contribution in [3.8, 4) is 22.8 Å². The maximum absolute atomic E-state index is 9.86. The number of hydrogen-bond acceptors (Lipinski definition) is 6. The second kappa shape index (κ2) is 9.33. The Kier molecular flexibility index (Phi) is 5.87. The maximum Gasteiger partial charge on any atom is 0.170 e. The molecule has 1 N–H and O–H groups in total. The van der Waals surface area contributed by atoms with Gasteiger partial charge in [-0.2, -0.15) is 0 Å². The Morgan fingerprint density at radius 2 is 1.50 bits per heavy atom. The van der Waals surface area contributed by atoms with Gasteiger partial charge in [0.1, 0.15) is 17.9 Å². The number of rotatable bonds is 4. The Labute approximate surface area is 218 Å². The van der Waals surface area contributed by atoms with Crippen LogP contribution in [-0.4, -0.2) is 50.8 Å². The quantitative estimate of drug-likeness (QED) is 0.324. The minimum absolute atomic E-state index is 0.271. The second-order valence-corrected chi connectivity index (χ2v) is 9.43. The van der Waals surface area contributed by atoms with E-state index in [1.54, 1.807) is 18.5 Å². The van der Waals surface area contributed by atoms with Gasteiger partial charge < -0.3 is 14.9 Å². The minimum atomic E-state index is 0.271. The van der Waals surface area contributed by atoms with Gasteiger partial charge in [0.25, 0.3) is 0 Å². The van der Waals surface area contributed by atoms with Crippen molar-refractivity contribution in [2.45, 2.75) is 0 Å². The monoisotopic (exact) mass is 516 g/mol. The zero-order valence-corrected chi connectivity index (χ0v) is 20.7. The van der Waals surface area contributed by atoms with Crippen LogP contribution in [0.25, 0.3) is 28.2 Å². The molecule has 1 aliphatic heterocycles. The van der Waals surface area contributed by atoms with Gasteiger partial charge in [0.05, 0.1) is 5.02 Å². The molecule has 0 aliphatic carbocycles. The van der Waals surface area contributed by atoms with Crippen molar-refractivity contribution < 1.29 is 5.11 Å². The highest BCUT2D eigenvalue weighted by Crippen LogP contribution is 2.35. The van der Waals surface area contributed by atoms with Crippen LogP contribution in [0.2, 0.25) is 10.0 Å². The van der Waals surface area contributed by atoms with E-state index < -0.39 is 0 Å². The summed E-state index contributed by atoms with van der Waals surface area (Å²) in [5.74, 6) is 1.75. The Morgan fingerprint density at radius 3 is 2.25 bits per heavy atom. The summed E-state index contributed by atoms with van der Waals surface area (Å²) < 4.78 is 2.00. The van der Waals surface area contributed by atoms with Crippen molar-refractivity contribution in [1.29, 1.82) is 0 Å². The van der Waals surface area contributed by atoms with Crippen molar-refractivity contribution in [2.75, 3.05) is 36.0 Å². The van der Waals surface area contributed by atoms with Gasteiger partial charge in [0.2, 0.25) is 0 Å². The molecule has 0 atom stereocenters. The average Bonchev–Trinajstić information content (AvgIpc) is 3.29. The van der Waals surface area contributed by atoms with Gasteiger partial charge in [-0.3, -0.25) is 4.57 Å². The number of phenolic OH excluding ortho intramolecular Hbond substituents is 1. The molecule has 0 spiro atoms. The molecule has 0 radical (unpaired) electrons. The summed E-state index contributed by atoms with van der Waals surface area (Å²) in [4.78, 5) is 18.8. The summed E-state index contributed by atoms with van der Waals surface area (Å²) in [7, 11) is 0. The number of aromatic nitrogens is 4. The molecular weight excluding hydrogens is 495 g/mol. The summed E-state index contributed by atoms with van der Waals surface area (Å²) in [6, 6.07) is 22.6. The average molecular weight is 517 g/mol. The lowest BCUT2D eigenvalue weighted by Crippen LogP contribution is -2.46. The van der Waals surface area contributed by atoms with Crippen molar-refractivity contribution in [2.24, 2.45) is 0 Å². The van der Waals surface area contributed by atoms with Gasteiger partial charge in [-0.1, -0.05) is 41.4 Å². The van der Waals surface area contributed by atoms with E-state index in [4.69, 9.17) is 28.2 Å². The molecular formula is C27H22Cl2N6O. The molecule has 3 heterocycles. The van der Waals surface area contributed by atoms with Crippen LogP contribution >= 0.6 is 23.2 Å². The fourth-order valence-corrected chi connectivity index (χ4v) is 4.98. The molecule has 6 rings (SSSR count). The number of piperazine rings is 1. The van der Waals surface area contributed by atoms with Gasteiger partial charge in [-0.25, -0.2) is 15.0 Å². The van der Waals surface area contributed by atoms with Gasteiger partial charge in [-0.05, 0) is 48.5 Å². The molecule has 0 bridgehead atoms. The maximum atomic E-state index is 9.86. The van der Waals surface area contributed by atoms with E-state index in [2.05, 4.69) is 19.8 Å². The molecule has 9 heteroatoms. The van der Waals surface area contributed by atoms with Crippen molar-refractivity contribution in [3.05, 3.63) is 89.2 Å². The Balaban J connectivity index is 1.42. The summed E-state index contributed by atoms with van der Waals surface area (Å²) >= 11 is 12.8. The van der Waals surface area contributed by atoms with Crippen LogP contribution in [0, 0.1) is 0 Å². The predicted molar refractivity (Wildman–Crippen MR) is 145 cm³/mol. The first-order chi connectivity index (χ1) is 17.6. The molecule has 5 aromatic rings. The van der Waals surface area contributed by atoms with Gasteiger partial charge in [-0.15, -0.1) is 0 Å². The molecule has 0 amide bonds. The summed E-state index contributed by atoms with van der Waals surface area (Å²) in [5.41, 5.74) is 4.12. The fourth-order valence-electron chi connectivity index (χ4n) is 4.64. The largest absolute Gasteiger partial charge is 0.508 e. The van der Waals surface area contributed by atoms with Crippen LogP contribution in [0.5, 0.6) is 5.75 Å². The number of anilines is 2. The van der Waals surface area contributed by atoms with E-state index in [0.717, 1.165) is 48.9 Å². The lowest BCUT2D eigenvalue weighted by Gasteiger charge is -2.36. The number of imidazole rings is 1. The van der Waals surface area contributed by atoms with Crippen LogP contribution in [0.3, 0.4) is 0 Å².